The molecule has 0 amide bonds. The minimum Gasteiger partial charge on any atom is -0.394 e. The summed E-state index contributed by atoms with van der Waals surface area (Å²) >= 11 is 0. The summed E-state index contributed by atoms with van der Waals surface area (Å²) in [5, 5.41) is 100. The first-order valence-corrected chi connectivity index (χ1v) is 12.9. The Hall–Kier alpha value is -0.490. The number of aliphatic hydroxyl groups excluding tert-OH is 10. The Bertz CT molecular complexity index is 816. The van der Waals surface area contributed by atoms with E-state index in [2.05, 4.69) is 4.52 Å². The summed E-state index contributed by atoms with van der Waals surface area (Å²) in [4.78, 5) is 18.4. The zero-order valence-electron chi connectivity index (χ0n) is 19.5. The molecule has 0 radical (unpaired) electrons. The highest BCUT2D eigenvalue weighted by atomic mass is 31.2. The van der Waals surface area contributed by atoms with E-state index in [4.69, 9.17) is 24.7 Å². The van der Waals surface area contributed by atoms with Gasteiger partial charge in [0.2, 0.25) is 0 Å². The molecule has 3 fully saturated rings. The lowest BCUT2D eigenvalue weighted by atomic mass is 9.84. The molecular weight excluding hydrogens is 549 g/mol. The summed E-state index contributed by atoms with van der Waals surface area (Å²) in [6.07, 6.45) is -27.8. The van der Waals surface area contributed by atoms with Gasteiger partial charge in [-0.05, 0) is 0 Å². The topological polar surface area (TPSA) is 332 Å². The standard InChI is InChI=1S/C18H34NO18P/c19-5-7(23)14(35-18-13(29)8(24)6(22)3(1-20)33-18)4(2-21)34-17(5)36-15-11(27)9(25)10(26)12(28)16(15)37-38(30,31)32/h3-18,20-29H,1-2,19H2,(H2,30,31,32)/t3-,4-,5-,6+,7-,8+,9+,10+,11-,12-,13-,14-,15-,16-,17-,18+/m1/s1. The van der Waals surface area contributed by atoms with Crippen molar-refractivity contribution in [2.45, 2.75) is 98.0 Å². The van der Waals surface area contributed by atoms with Gasteiger partial charge in [0.1, 0.15) is 79.4 Å². The van der Waals surface area contributed by atoms with Crippen LogP contribution in [0.1, 0.15) is 0 Å². The van der Waals surface area contributed by atoms with Crippen LogP contribution in [0.25, 0.3) is 0 Å². The fourth-order valence-electron chi connectivity index (χ4n) is 4.49. The molecule has 16 atom stereocenters. The molecule has 3 aliphatic rings. The number of hydrogen-bond donors (Lipinski definition) is 13. The highest BCUT2D eigenvalue weighted by molar-refractivity contribution is 7.46. The molecule has 2 aliphatic heterocycles. The van der Waals surface area contributed by atoms with Crippen molar-refractivity contribution in [2.24, 2.45) is 5.73 Å². The van der Waals surface area contributed by atoms with Crippen molar-refractivity contribution >= 4 is 7.82 Å². The van der Waals surface area contributed by atoms with Gasteiger partial charge in [-0.2, -0.15) is 0 Å². The summed E-state index contributed by atoms with van der Waals surface area (Å²) in [7, 11) is -5.35. The van der Waals surface area contributed by atoms with Crippen LogP contribution >= 0.6 is 7.82 Å². The van der Waals surface area contributed by atoms with Gasteiger partial charge in [-0.15, -0.1) is 0 Å². The smallest absolute Gasteiger partial charge is 0.394 e. The predicted molar refractivity (Wildman–Crippen MR) is 114 cm³/mol. The van der Waals surface area contributed by atoms with Crippen molar-refractivity contribution in [3.8, 4) is 0 Å². The zero-order chi connectivity index (χ0) is 28.7. The molecule has 2 heterocycles. The second kappa shape index (κ2) is 12.6. The third kappa shape index (κ3) is 6.52. The van der Waals surface area contributed by atoms with Gasteiger partial charge >= 0.3 is 7.82 Å². The summed E-state index contributed by atoms with van der Waals surface area (Å²) in [5.74, 6) is 0. The molecule has 1 aliphatic carbocycles. The van der Waals surface area contributed by atoms with Crippen molar-refractivity contribution in [3.05, 3.63) is 0 Å². The van der Waals surface area contributed by atoms with Crippen LogP contribution in [0.3, 0.4) is 0 Å². The predicted octanol–water partition coefficient (Wildman–Crippen LogP) is -8.10. The molecule has 0 aromatic heterocycles. The van der Waals surface area contributed by atoms with Crippen LogP contribution in [0.2, 0.25) is 0 Å². The third-order valence-corrected chi connectivity index (χ3v) is 7.16. The van der Waals surface area contributed by atoms with Crippen molar-refractivity contribution < 1.29 is 88.9 Å². The maximum atomic E-state index is 11.4. The molecule has 0 spiro atoms. The SMILES string of the molecule is N[C@H]1[C@@H](O[C@@H]2[C@H](O)[C@@H](O)[C@H](O)[C@@H](O)[C@H]2OP(=O)(O)O)O[C@H](CO)[C@@H](O[C@@H]2O[C@H](CO)[C@H](O)[C@H](O)[C@H]2O)[C@@H]1O. The summed E-state index contributed by atoms with van der Waals surface area (Å²) in [6, 6.07) is -1.63. The number of nitrogens with two attached hydrogens (primary N) is 1. The number of phosphoric acid groups is 1. The number of rotatable bonds is 8. The van der Waals surface area contributed by atoms with E-state index in [1.165, 1.54) is 0 Å². The van der Waals surface area contributed by atoms with Crippen LogP contribution in [0, 0.1) is 0 Å². The quantitative estimate of drug-likeness (QED) is 0.118. The van der Waals surface area contributed by atoms with Crippen molar-refractivity contribution in [1.29, 1.82) is 0 Å². The van der Waals surface area contributed by atoms with Crippen LogP contribution < -0.4 is 5.73 Å². The van der Waals surface area contributed by atoms with Gasteiger partial charge in [0.25, 0.3) is 0 Å². The fraction of sp³-hybridized carbons (Fsp3) is 1.00. The molecule has 0 aromatic rings. The van der Waals surface area contributed by atoms with E-state index in [9.17, 15) is 65.4 Å². The average Bonchev–Trinajstić information content (AvgIpc) is 2.86. The molecule has 2 saturated heterocycles. The zero-order valence-corrected chi connectivity index (χ0v) is 20.4. The third-order valence-electron chi connectivity index (χ3n) is 6.64. The highest BCUT2D eigenvalue weighted by Gasteiger charge is 2.55. The Morgan fingerprint density at radius 2 is 1.08 bits per heavy atom. The molecule has 20 heteroatoms. The number of hydrogen-bond acceptors (Lipinski definition) is 17. The Kier molecular flexibility index (Phi) is 10.6. The largest absolute Gasteiger partial charge is 0.470 e. The molecule has 38 heavy (non-hydrogen) atoms. The minimum absolute atomic E-state index is 0.776. The van der Waals surface area contributed by atoms with Gasteiger partial charge in [-0.25, -0.2) is 4.57 Å². The molecule has 0 bridgehead atoms. The van der Waals surface area contributed by atoms with Crippen LogP contribution in [0.4, 0.5) is 0 Å². The average molecular weight is 583 g/mol. The second-order valence-corrected chi connectivity index (χ2v) is 10.4. The van der Waals surface area contributed by atoms with Crippen molar-refractivity contribution in [3.63, 3.8) is 0 Å². The monoisotopic (exact) mass is 583 g/mol. The first-order chi connectivity index (χ1) is 17.6. The number of ether oxygens (including phenoxy) is 4. The molecule has 3 rings (SSSR count). The summed E-state index contributed by atoms with van der Waals surface area (Å²) in [5.41, 5.74) is 5.96. The van der Waals surface area contributed by atoms with Crippen LogP contribution in [0.15, 0.2) is 0 Å². The lowest BCUT2D eigenvalue weighted by molar-refractivity contribution is -0.356. The van der Waals surface area contributed by atoms with Gasteiger partial charge in [0.15, 0.2) is 12.6 Å². The first kappa shape index (κ1) is 32.0. The molecule has 19 nitrogen and oxygen atoms in total. The van der Waals surface area contributed by atoms with E-state index in [1.807, 2.05) is 0 Å². The lowest BCUT2D eigenvalue weighted by Gasteiger charge is -2.49. The van der Waals surface area contributed by atoms with E-state index >= 15 is 0 Å². The Labute approximate surface area is 214 Å². The van der Waals surface area contributed by atoms with Gasteiger partial charge in [0, 0.05) is 0 Å². The number of phosphoric ester groups is 1. The normalized spacial score (nSPS) is 50.7. The Morgan fingerprint density at radius 1 is 0.605 bits per heavy atom. The van der Waals surface area contributed by atoms with Gasteiger partial charge in [-0.3, -0.25) is 4.52 Å². The molecule has 224 valence electrons. The van der Waals surface area contributed by atoms with Gasteiger partial charge in [-0.1, -0.05) is 0 Å². The van der Waals surface area contributed by atoms with E-state index in [0.29, 0.717) is 0 Å². The summed E-state index contributed by atoms with van der Waals surface area (Å²) < 4.78 is 37.4. The minimum atomic E-state index is -5.35. The Morgan fingerprint density at radius 3 is 1.61 bits per heavy atom. The van der Waals surface area contributed by atoms with Gasteiger partial charge < -0.3 is 85.5 Å². The van der Waals surface area contributed by atoms with E-state index < -0.39 is 119 Å². The first-order valence-electron chi connectivity index (χ1n) is 11.4. The maximum absolute atomic E-state index is 11.4. The van der Waals surface area contributed by atoms with E-state index in [0.717, 1.165) is 0 Å². The van der Waals surface area contributed by atoms with Crippen LogP contribution in [-0.4, -0.2) is 172 Å². The molecular formula is C18H34NO18P. The van der Waals surface area contributed by atoms with Crippen molar-refractivity contribution in [1.82, 2.24) is 0 Å². The van der Waals surface area contributed by atoms with E-state index in [1.54, 1.807) is 0 Å². The summed E-state index contributed by atoms with van der Waals surface area (Å²) in [6.45, 7) is -1.67. The lowest BCUT2D eigenvalue weighted by Crippen LogP contribution is -2.69. The molecule has 0 unspecified atom stereocenters. The van der Waals surface area contributed by atoms with Crippen LogP contribution in [-0.2, 0) is 28.0 Å². The van der Waals surface area contributed by atoms with Gasteiger partial charge in [0.05, 0.1) is 19.3 Å². The molecule has 14 N–H and O–H groups in total. The number of aliphatic hydroxyl groups is 10. The molecule has 1 saturated carbocycles. The van der Waals surface area contributed by atoms with Crippen molar-refractivity contribution in [2.75, 3.05) is 13.2 Å². The Balaban J connectivity index is 1.79. The highest BCUT2D eigenvalue weighted by Crippen LogP contribution is 2.42. The van der Waals surface area contributed by atoms with Crippen LogP contribution in [0.5, 0.6) is 0 Å². The van der Waals surface area contributed by atoms with E-state index in [-0.39, 0.29) is 0 Å². The maximum Gasteiger partial charge on any atom is 0.470 e. The second-order valence-electron chi connectivity index (χ2n) is 9.22. The molecule has 0 aromatic carbocycles. The fourth-order valence-corrected chi connectivity index (χ4v) is 5.05.